The van der Waals surface area contributed by atoms with Crippen LogP contribution in [-0.2, 0) is 17.5 Å². The Bertz CT molecular complexity index is 461. The smallest absolute Gasteiger partial charge is 0.424 e. The van der Waals surface area contributed by atoms with Crippen LogP contribution in [0, 0.1) is 0 Å². The molecule has 0 radical (unpaired) electrons. The summed E-state index contributed by atoms with van der Waals surface area (Å²) in [5.41, 5.74) is 2.35. The lowest BCUT2D eigenvalue weighted by atomic mass is 10.2. The normalized spacial score (nSPS) is 19.7. The number of hydrogen-bond donors (Lipinski definition) is 1. The third-order valence-corrected chi connectivity index (χ3v) is 2.57. The zero-order valence-corrected chi connectivity index (χ0v) is 10.1. The summed E-state index contributed by atoms with van der Waals surface area (Å²) in [6.45, 7) is 2.29. The largest absolute Gasteiger partial charge is 0.443 e. The number of amides is 1. The summed E-state index contributed by atoms with van der Waals surface area (Å²) < 4.78 is 41.8. The minimum atomic E-state index is -4.40. The van der Waals surface area contributed by atoms with Gasteiger partial charge in [-0.05, 0) is 19.1 Å². The molecular weight excluding hydrogens is 263 g/mol. The van der Waals surface area contributed by atoms with Crippen molar-refractivity contribution in [1.29, 1.82) is 0 Å². The molecule has 1 amide bonds. The van der Waals surface area contributed by atoms with Gasteiger partial charge in [0.15, 0.2) is 0 Å². The van der Waals surface area contributed by atoms with E-state index in [1.165, 1.54) is 11.1 Å². The molecule has 1 fully saturated rings. The first-order chi connectivity index (χ1) is 8.86. The summed E-state index contributed by atoms with van der Waals surface area (Å²) >= 11 is 0. The van der Waals surface area contributed by atoms with E-state index in [0.29, 0.717) is 12.2 Å². The third kappa shape index (κ3) is 3.34. The van der Waals surface area contributed by atoms with Crippen LogP contribution in [0.15, 0.2) is 18.3 Å². The van der Waals surface area contributed by atoms with Gasteiger partial charge < -0.3 is 4.74 Å². The number of hydrogen-bond acceptors (Lipinski definition) is 4. The Morgan fingerprint density at radius 1 is 1.53 bits per heavy atom. The Morgan fingerprint density at radius 2 is 2.26 bits per heavy atom. The molecule has 19 heavy (non-hydrogen) atoms. The Hall–Kier alpha value is -1.83. The number of ether oxygens (including phenoxy) is 1. The first-order valence-corrected chi connectivity index (χ1v) is 5.60. The van der Waals surface area contributed by atoms with E-state index < -0.39 is 17.8 Å². The quantitative estimate of drug-likeness (QED) is 0.916. The number of nitrogens with zero attached hydrogens (tertiary/aromatic N) is 2. The maximum atomic E-state index is 12.3. The standard InChI is InChI=1S/C11H12F3N3O2/c1-7-6-17(10(18)19-7)16-5-9-3-2-8(4-15-9)11(12,13)14/h2-4,7,16H,5-6H2,1H3. The van der Waals surface area contributed by atoms with E-state index in [-0.39, 0.29) is 12.6 Å². The lowest BCUT2D eigenvalue weighted by Gasteiger charge is -2.14. The van der Waals surface area contributed by atoms with Gasteiger partial charge in [0.25, 0.3) is 0 Å². The summed E-state index contributed by atoms with van der Waals surface area (Å²) in [6, 6.07) is 2.22. The molecule has 2 rings (SSSR count). The van der Waals surface area contributed by atoms with Crippen LogP contribution in [0.5, 0.6) is 0 Å². The molecule has 0 spiro atoms. The molecule has 0 saturated carbocycles. The highest BCUT2D eigenvalue weighted by molar-refractivity contribution is 5.69. The van der Waals surface area contributed by atoms with E-state index >= 15 is 0 Å². The minimum absolute atomic E-state index is 0.153. The number of aromatic nitrogens is 1. The second-order valence-corrected chi connectivity index (χ2v) is 4.18. The Kier molecular flexibility index (Phi) is 3.61. The fourth-order valence-electron chi connectivity index (χ4n) is 1.61. The van der Waals surface area contributed by atoms with E-state index in [4.69, 9.17) is 4.74 Å². The molecule has 1 aliphatic rings. The summed E-state index contributed by atoms with van der Waals surface area (Å²) in [4.78, 5) is 15.0. The van der Waals surface area contributed by atoms with Gasteiger partial charge in [-0.1, -0.05) is 0 Å². The van der Waals surface area contributed by atoms with Crippen molar-refractivity contribution in [2.24, 2.45) is 0 Å². The van der Waals surface area contributed by atoms with Gasteiger partial charge in [0.1, 0.15) is 6.10 Å². The molecule has 1 aromatic heterocycles. The fourth-order valence-corrected chi connectivity index (χ4v) is 1.61. The third-order valence-electron chi connectivity index (χ3n) is 2.57. The topological polar surface area (TPSA) is 54.5 Å². The summed E-state index contributed by atoms with van der Waals surface area (Å²) in [5.74, 6) is 0. The number of nitrogens with one attached hydrogen (secondary N) is 1. The van der Waals surface area contributed by atoms with E-state index in [1.807, 2.05) is 0 Å². The van der Waals surface area contributed by atoms with Gasteiger partial charge in [0.2, 0.25) is 0 Å². The van der Waals surface area contributed by atoms with Crippen molar-refractivity contribution >= 4 is 6.09 Å². The van der Waals surface area contributed by atoms with Crippen LogP contribution in [0.4, 0.5) is 18.0 Å². The van der Waals surface area contributed by atoms with Crippen molar-refractivity contribution in [2.45, 2.75) is 25.7 Å². The number of alkyl halides is 3. The molecule has 8 heteroatoms. The molecule has 2 heterocycles. The monoisotopic (exact) mass is 275 g/mol. The molecule has 1 unspecified atom stereocenters. The fraction of sp³-hybridized carbons (Fsp3) is 0.455. The minimum Gasteiger partial charge on any atom is -0.443 e. The highest BCUT2D eigenvalue weighted by Gasteiger charge is 2.31. The van der Waals surface area contributed by atoms with Crippen molar-refractivity contribution in [2.75, 3.05) is 6.54 Å². The average molecular weight is 275 g/mol. The average Bonchev–Trinajstić information content (AvgIpc) is 2.65. The first kappa shape index (κ1) is 13.6. The van der Waals surface area contributed by atoms with Crippen LogP contribution < -0.4 is 5.43 Å². The number of cyclic esters (lactones) is 1. The summed E-state index contributed by atoms with van der Waals surface area (Å²) in [6.07, 6.45) is -4.34. The van der Waals surface area contributed by atoms with Crippen LogP contribution in [0.3, 0.4) is 0 Å². The molecular formula is C11H12F3N3O2. The highest BCUT2D eigenvalue weighted by Crippen LogP contribution is 2.28. The van der Waals surface area contributed by atoms with Crippen molar-refractivity contribution in [3.05, 3.63) is 29.6 Å². The van der Waals surface area contributed by atoms with Crippen molar-refractivity contribution in [3.63, 3.8) is 0 Å². The molecule has 104 valence electrons. The van der Waals surface area contributed by atoms with Gasteiger partial charge in [0, 0.05) is 6.20 Å². The van der Waals surface area contributed by atoms with Crippen LogP contribution >= 0.6 is 0 Å². The van der Waals surface area contributed by atoms with Gasteiger partial charge in [-0.2, -0.15) is 13.2 Å². The number of carbonyl (C=O) groups is 1. The number of pyridine rings is 1. The molecule has 5 nitrogen and oxygen atoms in total. The second kappa shape index (κ2) is 5.04. The maximum Gasteiger partial charge on any atom is 0.424 e. The predicted octanol–water partition coefficient (Wildman–Crippen LogP) is 1.95. The van der Waals surface area contributed by atoms with Gasteiger partial charge in [-0.25, -0.2) is 15.2 Å². The Morgan fingerprint density at radius 3 is 2.74 bits per heavy atom. The zero-order chi connectivity index (χ0) is 14.0. The number of carbonyl (C=O) groups excluding carboxylic acids is 1. The second-order valence-electron chi connectivity index (χ2n) is 4.18. The molecule has 1 N–H and O–H groups in total. The van der Waals surface area contributed by atoms with Crippen LogP contribution in [0.2, 0.25) is 0 Å². The summed E-state index contributed by atoms with van der Waals surface area (Å²) in [7, 11) is 0. The Labute approximate surface area is 107 Å². The molecule has 0 bridgehead atoms. The maximum absolute atomic E-state index is 12.3. The van der Waals surface area contributed by atoms with Crippen molar-refractivity contribution in [3.8, 4) is 0 Å². The highest BCUT2D eigenvalue weighted by atomic mass is 19.4. The van der Waals surface area contributed by atoms with Crippen molar-refractivity contribution in [1.82, 2.24) is 15.4 Å². The predicted molar refractivity (Wildman–Crippen MR) is 58.7 cm³/mol. The number of hydrazine groups is 1. The molecule has 1 atom stereocenters. The molecule has 1 aliphatic heterocycles. The molecule has 1 aromatic rings. The summed E-state index contributed by atoms with van der Waals surface area (Å²) in [5, 5.41) is 1.27. The van der Waals surface area contributed by atoms with Crippen LogP contribution in [0.25, 0.3) is 0 Å². The molecule has 0 aliphatic carbocycles. The number of halogens is 3. The molecule has 0 aromatic carbocycles. The van der Waals surface area contributed by atoms with E-state index in [1.54, 1.807) is 6.92 Å². The first-order valence-electron chi connectivity index (χ1n) is 5.60. The Balaban J connectivity index is 1.92. The van der Waals surface area contributed by atoms with Crippen LogP contribution in [-0.4, -0.2) is 28.7 Å². The van der Waals surface area contributed by atoms with Gasteiger partial charge in [-0.3, -0.25) is 4.98 Å². The lowest BCUT2D eigenvalue weighted by molar-refractivity contribution is -0.137. The van der Waals surface area contributed by atoms with E-state index in [0.717, 1.165) is 12.3 Å². The van der Waals surface area contributed by atoms with Gasteiger partial charge >= 0.3 is 12.3 Å². The van der Waals surface area contributed by atoms with Crippen molar-refractivity contribution < 1.29 is 22.7 Å². The van der Waals surface area contributed by atoms with Gasteiger partial charge in [-0.15, -0.1) is 0 Å². The zero-order valence-electron chi connectivity index (χ0n) is 10.1. The SMILES string of the molecule is CC1CN(NCc2ccc(C(F)(F)F)cn2)C(=O)O1. The molecule has 1 saturated heterocycles. The van der Waals surface area contributed by atoms with E-state index in [9.17, 15) is 18.0 Å². The lowest BCUT2D eigenvalue weighted by Crippen LogP contribution is -2.38. The van der Waals surface area contributed by atoms with Gasteiger partial charge in [0.05, 0.1) is 24.3 Å². The van der Waals surface area contributed by atoms with E-state index in [2.05, 4.69) is 10.4 Å². The van der Waals surface area contributed by atoms with Crippen LogP contribution in [0.1, 0.15) is 18.2 Å². The number of rotatable bonds is 3.